The molecular formula is C21H27N5O4+2. The Bertz CT molecular complexity index is 865. The third-order valence-electron chi connectivity index (χ3n) is 5.27. The van der Waals surface area contributed by atoms with Crippen LogP contribution in [-0.2, 0) is 16.1 Å². The van der Waals surface area contributed by atoms with Gasteiger partial charge >= 0.3 is 11.8 Å². The maximum Gasteiger partial charge on any atom is 0.313 e. The van der Waals surface area contributed by atoms with E-state index in [1.165, 1.54) is 9.80 Å². The minimum Gasteiger partial charge on any atom is -0.342 e. The summed E-state index contributed by atoms with van der Waals surface area (Å²) in [6.07, 6.45) is 0. The van der Waals surface area contributed by atoms with Crippen molar-refractivity contribution < 1.29 is 24.3 Å². The van der Waals surface area contributed by atoms with Gasteiger partial charge in [-0.05, 0) is 24.3 Å². The molecule has 0 bridgehead atoms. The number of hydrogen-bond acceptors (Lipinski definition) is 4. The van der Waals surface area contributed by atoms with Crippen molar-refractivity contribution in [2.75, 3.05) is 44.6 Å². The number of rotatable bonds is 7. The lowest BCUT2D eigenvalue weighted by atomic mass is 10.2. The minimum absolute atomic E-state index is 0.113. The number of carbonyl (C=O) groups is 2. The summed E-state index contributed by atoms with van der Waals surface area (Å²) >= 11 is 0. The first-order valence-electron chi connectivity index (χ1n) is 10.1. The van der Waals surface area contributed by atoms with Gasteiger partial charge in [-0.25, -0.2) is 0 Å². The van der Waals surface area contributed by atoms with E-state index in [4.69, 9.17) is 0 Å². The van der Waals surface area contributed by atoms with Gasteiger partial charge in [-0.2, -0.15) is 0 Å². The van der Waals surface area contributed by atoms with E-state index in [0.29, 0.717) is 12.2 Å². The van der Waals surface area contributed by atoms with Crippen molar-refractivity contribution >= 4 is 23.2 Å². The summed E-state index contributed by atoms with van der Waals surface area (Å²) in [5.74, 6) is -1.28. The molecule has 0 aliphatic carbocycles. The number of para-hydroxylation sites is 1. The molecule has 3 rings (SSSR count). The highest BCUT2D eigenvalue weighted by Gasteiger charge is 2.23. The molecule has 9 heteroatoms. The molecule has 0 aromatic heterocycles. The summed E-state index contributed by atoms with van der Waals surface area (Å²) in [6.45, 7) is 6.03. The third kappa shape index (κ3) is 6.36. The van der Waals surface area contributed by atoms with Crippen LogP contribution in [0.25, 0.3) is 0 Å². The van der Waals surface area contributed by atoms with Gasteiger partial charge in [-0.3, -0.25) is 19.7 Å². The van der Waals surface area contributed by atoms with Crippen molar-refractivity contribution in [3.05, 3.63) is 70.3 Å². The number of hydrogen-bond donors (Lipinski definition) is 4. The van der Waals surface area contributed by atoms with Gasteiger partial charge in [0.05, 0.1) is 18.0 Å². The zero-order valence-corrected chi connectivity index (χ0v) is 16.7. The van der Waals surface area contributed by atoms with Crippen molar-refractivity contribution in [1.82, 2.24) is 5.32 Å². The van der Waals surface area contributed by atoms with Gasteiger partial charge in [0, 0.05) is 23.4 Å². The summed E-state index contributed by atoms with van der Waals surface area (Å²) in [7, 11) is 0. The normalized spacial score (nSPS) is 18.4. The van der Waals surface area contributed by atoms with Crippen LogP contribution in [-0.4, -0.2) is 56.0 Å². The Kier molecular flexibility index (Phi) is 7.47. The maximum absolute atomic E-state index is 11.9. The van der Waals surface area contributed by atoms with Crippen molar-refractivity contribution in [2.45, 2.75) is 6.54 Å². The summed E-state index contributed by atoms with van der Waals surface area (Å²) in [5.41, 5.74) is 1.80. The number of carbonyl (C=O) groups excluding carboxylic acids is 2. The molecule has 2 amide bonds. The first-order chi connectivity index (χ1) is 14.5. The second-order valence-electron chi connectivity index (χ2n) is 7.43. The molecule has 0 atom stereocenters. The van der Waals surface area contributed by atoms with Gasteiger partial charge in [0.15, 0.2) is 0 Å². The Morgan fingerprint density at radius 1 is 0.900 bits per heavy atom. The van der Waals surface area contributed by atoms with Crippen LogP contribution in [0.2, 0.25) is 0 Å². The molecule has 0 saturated carbocycles. The number of quaternary nitrogens is 2. The Morgan fingerprint density at radius 3 is 2.17 bits per heavy atom. The highest BCUT2D eigenvalue weighted by molar-refractivity contribution is 6.39. The number of piperazine rings is 1. The second kappa shape index (κ2) is 10.5. The van der Waals surface area contributed by atoms with E-state index < -0.39 is 11.8 Å². The van der Waals surface area contributed by atoms with E-state index in [9.17, 15) is 19.7 Å². The summed E-state index contributed by atoms with van der Waals surface area (Å²) in [6, 6.07) is 15.6. The molecule has 2 aromatic carbocycles. The monoisotopic (exact) mass is 413 g/mol. The molecule has 1 aliphatic rings. The van der Waals surface area contributed by atoms with Crippen LogP contribution in [0.5, 0.6) is 0 Å². The van der Waals surface area contributed by atoms with Crippen LogP contribution in [0, 0.1) is 10.1 Å². The predicted molar refractivity (Wildman–Crippen MR) is 111 cm³/mol. The lowest BCUT2D eigenvalue weighted by Crippen LogP contribution is -3.27. The molecule has 1 fully saturated rings. The predicted octanol–water partition coefficient (Wildman–Crippen LogP) is -1.37. The van der Waals surface area contributed by atoms with Gasteiger partial charge in [0.25, 0.3) is 5.69 Å². The Morgan fingerprint density at radius 2 is 1.53 bits per heavy atom. The summed E-state index contributed by atoms with van der Waals surface area (Å²) in [5, 5.41) is 16.0. The fourth-order valence-corrected chi connectivity index (χ4v) is 3.55. The first-order valence-corrected chi connectivity index (χ1v) is 10.1. The standard InChI is InChI=1S/C21H25N5O4/c27-20(21(28)23-18-4-2-1-3-5-18)22-10-11-24-12-14-25(15-13-24)16-17-6-8-19(9-7-17)26(29)30/h1-9H,10-16H2,(H,22,27)(H,23,28)/p+2. The number of amides is 2. The average Bonchev–Trinajstić information content (AvgIpc) is 2.76. The molecule has 0 radical (unpaired) electrons. The van der Waals surface area contributed by atoms with Gasteiger partial charge in [-0.15, -0.1) is 0 Å². The number of benzene rings is 2. The number of nitrogens with zero attached hydrogens (tertiary/aromatic N) is 1. The number of nitro benzene ring substituents is 1. The lowest BCUT2D eigenvalue weighted by molar-refractivity contribution is -1.02. The molecule has 1 aliphatic heterocycles. The quantitative estimate of drug-likeness (QED) is 0.255. The van der Waals surface area contributed by atoms with Gasteiger partial charge < -0.3 is 20.4 Å². The lowest BCUT2D eigenvalue weighted by Gasteiger charge is -2.29. The SMILES string of the molecule is O=C(NCC[NH+]1CC[NH+](Cc2ccc([N+](=O)[O-])cc2)CC1)C(=O)Nc1ccccc1. The molecule has 0 unspecified atom stereocenters. The topological polar surface area (TPSA) is 110 Å². The second-order valence-corrected chi connectivity index (χ2v) is 7.43. The fraction of sp³-hybridized carbons (Fsp3) is 0.333. The van der Waals surface area contributed by atoms with Crippen LogP contribution < -0.4 is 20.4 Å². The number of nitrogens with one attached hydrogen (secondary N) is 4. The van der Waals surface area contributed by atoms with Crippen LogP contribution in [0.1, 0.15) is 5.56 Å². The van der Waals surface area contributed by atoms with Crippen LogP contribution in [0.4, 0.5) is 11.4 Å². The van der Waals surface area contributed by atoms with Crippen molar-refractivity contribution in [2.24, 2.45) is 0 Å². The van der Waals surface area contributed by atoms with Crippen LogP contribution in [0.3, 0.4) is 0 Å². The highest BCUT2D eigenvalue weighted by atomic mass is 16.6. The van der Waals surface area contributed by atoms with Gasteiger partial charge in [0.1, 0.15) is 32.7 Å². The van der Waals surface area contributed by atoms with E-state index in [0.717, 1.165) is 44.8 Å². The third-order valence-corrected chi connectivity index (χ3v) is 5.27. The first kappa shape index (κ1) is 21.4. The molecule has 9 nitrogen and oxygen atoms in total. The molecule has 2 aromatic rings. The van der Waals surface area contributed by atoms with Crippen LogP contribution in [0.15, 0.2) is 54.6 Å². The van der Waals surface area contributed by atoms with E-state index in [1.807, 2.05) is 18.2 Å². The maximum atomic E-state index is 11.9. The number of nitro groups is 1. The fourth-order valence-electron chi connectivity index (χ4n) is 3.55. The van der Waals surface area contributed by atoms with Gasteiger partial charge in [0.2, 0.25) is 0 Å². The Labute approximate surface area is 174 Å². The van der Waals surface area contributed by atoms with Crippen molar-refractivity contribution in [3.63, 3.8) is 0 Å². The van der Waals surface area contributed by atoms with Crippen LogP contribution >= 0.6 is 0 Å². The van der Waals surface area contributed by atoms with Crippen molar-refractivity contribution in [1.29, 1.82) is 0 Å². The van der Waals surface area contributed by atoms with E-state index in [-0.39, 0.29) is 10.6 Å². The molecule has 30 heavy (non-hydrogen) atoms. The van der Waals surface area contributed by atoms with Gasteiger partial charge in [-0.1, -0.05) is 18.2 Å². The highest BCUT2D eigenvalue weighted by Crippen LogP contribution is 2.11. The molecule has 158 valence electrons. The summed E-state index contributed by atoms with van der Waals surface area (Å²) < 4.78 is 0. The molecule has 1 saturated heterocycles. The number of non-ortho nitro benzene ring substituents is 1. The zero-order chi connectivity index (χ0) is 21.3. The molecule has 4 N–H and O–H groups in total. The molecular weight excluding hydrogens is 386 g/mol. The molecule has 1 heterocycles. The smallest absolute Gasteiger partial charge is 0.313 e. The minimum atomic E-state index is -0.659. The summed E-state index contributed by atoms with van der Waals surface area (Å²) in [4.78, 5) is 37.0. The molecule has 0 spiro atoms. The van der Waals surface area contributed by atoms with E-state index in [2.05, 4.69) is 10.6 Å². The van der Waals surface area contributed by atoms with E-state index in [1.54, 1.807) is 36.4 Å². The zero-order valence-electron chi connectivity index (χ0n) is 16.7. The average molecular weight is 413 g/mol. The van der Waals surface area contributed by atoms with E-state index >= 15 is 0 Å². The number of anilines is 1. The van der Waals surface area contributed by atoms with Crippen molar-refractivity contribution in [3.8, 4) is 0 Å². The Balaban J connectivity index is 1.33. The largest absolute Gasteiger partial charge is 0.342 e. The Hall–Kier alpha value is -3.30.